The van der Waals surface area contributed by atoms with Crippen LogP contribution >= 0.6 is 23.4 Å². The lowest BCUT2D eigenvalue weighted by Crippen LogP contribution is -2.27. The van der Waals surface area contributed by atoms with Gasteiger partial charge in [0.05, 0.1) is 11.4 Å². The summed E-state index contributed by atoms with van der Waals surface area (Å²) in [7, 11) is 0. The van der Waals surface area contributed by atoms with Gasteiger partial charge in [0, 0.05) is 16.3 Å². The minimum absolute atomic E-state index is 0.138. The lowest BCUT2D eigenvalue weighted by atomic mass is 10.1. The topological polar surface area (TPSA) is 75.7 Å². The summed E-state index contributed by atoms with van der Waals surface area (Å²) < 4.78 is 5.75. The quantitative estimate of drug-likeness (QED) is 0.385. The first kappa shape index (κ1) is 24.6. The van der Waals surface area contributed by atoms with E-state index in [-0.39, 0.29) is 35.1 Å². The number of nitrogens with zero attached hydrogens (tertiary/aromatic N) is 1. The van der Waals surface area contributed by atoms with Gasteiger partial charge in [-0.1, -0.05) is 59.6 Å². The van der Waals surface area contributed by atoms with Gasteiger partial charge in [-0.2, -0.15) is 0 Å². The molecule has 1 N–H and O–H groups in total. The number of benzene rings is 3. The molecule has 1 aliphatic heterocycles. The van der Waals surface area contributed by atoms with Gasteiger partial charge in [0.1, 0.15) is 5.75 Å². The standard InChI is InChI=1S/C27H23ClN2O4S/c1-17-10-11-22(18(2)12-17)29-25(31)16-34-23-9-4-3-7-20(23)14-24-26(32)30(27(33)35-24)15-19-6-5-8-21(28)13-19/h3-14H,15-16H2,1-2H3,(H,29,31)/b24-14-. The van der Waals surface area contributed by atoms with E-state index < -0.39 is 0 Å². The second-order valence-corrected chi connectivity index (χ2v) is 9.52. The maximum absolute atomic E-state index is 12.9. The van der Waals surface area contributed by atoms with Gasteiger partial charge in [0.25, 0.3) is 17.1 Å². The molecule has 0 spiro atoms. The molecule has 0 saturated carbocycles. The third-order valence-corrected chi connectivity index (χ3v) is 6.47. The molecule has 3 aromatic carbocycles. The number of hydrogen-bond donors (Lipinski definition) is 1. The Labute approximate surface area is 212 Å². The van der Waals surface area contributed by atoms with Crippen LogP contribution in [0.5, 0.6) is 5.75 Å². The van der Waals surface area contributed by atoms with Crippen LogP contribution in [0.4, 0.5) is 10.5 Å². The smallest absolute Gasteiger partial charge is 0.293 e. The van der Waals surface area contributed by atoms with Gasteiger partial charge in [-0.05, 0) is 67.1 Å². The van der Waals surface area contributed by atoms with E-state index in [1.807, 2.05) is 38.1 Å². The van der Waals surface area contributed by atoms with Crippen LogP contribution in [0, 0.1) is 13.8 Å². The first-order chi connectivity index (χ1) is 16.8. The van der Waals surface area contributed by atoms with Gasteiger partial charge < -0.3 is 10.1 Å². The number of amides is 3. The highest BCUT2D eigenvalue weighted by molar-refractivity contribution is 8.18. The summed E-state index contributed by atoms with van der Waals surface area (Å²) in [5, 5.41) is 3.03. The van der Waals surface area contributed by atoms with E-state index in [4.69, 9.17) is 16.3 Å². The van der Waals surface area contributed by atoms with E-state index in [1.165, 1.54) is 4.90 Å². The largest absolute Gasteiger partial charge is 0.483 e. The second-order valence-electron chi connectivity index (χ2n) is 8.09. The van der Waals surface area contributed by atoms with Gasteiger partial charge in [0.2, 0.25) is 0 Å². The van der Waals surface area contributed by atoms with E-state index >= 15 is 0 Å². The van der Waals surface area contributed by atoms with E-state index in [1.54, 1.807) is 48.5 Å². The average molecular weight is 507 g/mol. The summed E-state index contributed by atoms with van der Waals surface area (Å²) >= 11 is 6.89. The average Bonchev–Trinajstić information content (AvgIpc) is 3.08. The van der Waals surface area contributed by atoms with Crippen molar-refractivity contribution >= 4 is 52.2 Å². The summed E-state index contributed by atoms with van der Waals surface area (Å²) in [6, 6.07) is 19.9. The maximum atomic E-state index is 12.9. The number of carbonyl (C=O) groups excluding carboxylic acids is 3. The molecule has 0 bridgehead atoms. The zero-order chi connectivity index (χ0) is 24.9. The molecule has 1 saturated heterocycles. The molecule has 0 aliphatic carbocycles. The summed E-state index contributed by atoms with van der Waals surface area (Å²) in [6.45, 7) is 3.86. The number of ether oxygens (including phenoxy) is 1. The molecule has 1 heterocycles. The van der Waals surface area contributed by atoms with Crippen LogP contribution in [0.25, 0.3) is 6.08 Å². The lowest BCUT2D eigenvalue weighted by molar-refractivity contribution is -0.123. The van der Waals surface area contributed by atoms with Crippen LogP contribution < -0.4 is 10.1 Å². The number of thioether (sulfide) groups is 1. The fourth-order valence-electron chi connectivity index (χ4n) is 3.61. The SMILES string of the molecule is Cc1ccc(NC(=O)COc2ccccc2/C=C2\SC(=O)N(Cc3cccc(Cl)c3)C2=O)c(C)c1. The molecule has 4 rings (SSSR count). The Morgan fingerprint density at radius 1 is 1.06 bits per heavy atom. The molecular weight excluding hydrogens is 484 g/mol. The number of anilines is 1. The van der Waals surface area contributed by atoms with Crippen molar-refractivity contribution in [3.63, 3.8) is 0 Å². The number of imide groups is 1. The van der Waals surface area contributed by atoms with Crippen LogP contribution in [0.3, 0.4) is 0 Å². The van der Waals surface area contributed by atoms with E-state index in [9.17, 15) is 14.4 Å². The van der Waals surface area contributed by atoms with Crippen molar-refractivity contribution < 1.29 is 19.1 Å². The number of halogens is 1. The van der Waals surface area contributed by atoms with Gasteiger partial charge in [-0.3, -0.25) is 19.3 Å². The lowest BCUT2D eigenvalue weighted by Gasteiger charge is -2.13. The highest BCUT2D eigenvalue weighted by Crippen LogP contribution is 2.35. The van der Waals surface area contributed by atoms with Crippen LogP contribution in [-0.2, 0) is 16.1 Å². The van der Waals surface area contributed by atoms with Crippen molar-refractivity contribution in [3.8, 4) is 5.75 Å². The molecule has 6 nitrogen and oxygen atoms in total. The fourth-order valence-corrected chi connectivity index (χ4v) is 4.65. The monoisotopic (exact) mass is 506 g/mol. The zero-order valence-corrected chi connectivity index (χ0v) is 20.8. The number of carbonyl (C=O) groups is 3. The maximum Gasteiger partial charge on any atom is 0.293 e. The van der Waals surface area contributed by atoms with Crippen LogP contribution in [0.1, 0.15) is 22.3 Å². The molecule has 1 fully saturated rings. The number of nitrogens with one attached hydrogen (secondary N) is 1. The van der Waals surface area contributed by atoms with Crippen molar-refractivity contribution in [2.75, 3.05) is 11.9 Å². The molecular formula is C27H23ClN2O4S. The number of aryl methyl sites for hydroxylation is 2. The van der Waals surface area contributed by atoms with E-state index in [0.29, 0.717) is 16.3 Å². The molecule has 1 aliphatic rings. The first-order valence-electron chi connectivity index (χ1n) is 10.9. The van der Waals surface area contributed by atoms with Crippen molar-refractivity contribution in [2.24, 2.45) is 0 Å². The van der Waals surface area contributed by atoms with Crippen molar-refractivity contribution in [1.82, 2.24) is 4.90 Å². The molecule has 3 amide bonds. The van der Waals surface area contributed by atoms with Crippen molar-refractivity contribution in [2.45, 2.75) is 20.4 Å². The Balaban J connectivity index is 1.44. The highest BCUT2D eigenvalue weighted by atomic mass is 35.5. The predicted molar refractivity (Wildman–Crippen MR) is 139 cm³/mol. The Kier molecular flexibility index (Phi) is 7.58. The Morgan fingerprint density at radius 3 is 2.63 bits per heavy atom. The minimum Gasteiger partial charge on any atom is -0.483 e. The van der Waals surface area contributed by atoms with E-state index in [0.717, 1.165) is 34.1 Å². The summed E-state index contributed by atoms with van der Waals surface area (Å²) in [4.78, 5) is 39.3. The minimum atomic E-state index is -0.387. The normalized spacial score (nSPS) is 14.5. The molecule has 0 unspecified atom stereocenters. The molecule has 8 heteroatoms. The third-order valence-electron chi connectivity index (χ3n) is 5.32. The van der Waals surface area contributed by atoms with Gasteiger partial charge in [-0.15, -0.1) is 0 Å². The first-order valence-corrected chi connectivity index (χ1v) is 12.1. The molecule has 0 atom stereocenters. The predicted octanol–water partition coefficient (Wildman–Crippen LogP) is 6.21. The number of rotatable bonds is 7. The van der Waals surface area contributed by atoms with Crippen LogP contribution in [-0.4, -0.2) is 28.6 Å². The number of para-hydroxylation sites is 1. The highest BCUT2D eigenvalue weighted by Gasteiger charge is 2.35. The van der Waals surface area contributed by atoms with Crippen LogP contribution in [0.2, 0.25) is 5.02 Å². The van der Waals surface area contributed by atoms with Crippen molar-refractivity contribution in [3.05, 3.63) is 98.9 Å². The molecule has 178 valence electrons. The Morgan fingerprint density at radius 2 is 1.86 bits per heavy atom. The molecule has 0 radical (unpaired) electrons. The van der Waals surface area contributed by atoms with Gasteiger partial charge in [0.15, 0.2) is 6.61 Å². The van der Waals surface area contributed by atoms with Crippen LogP contribution in [0.15, 0.2) is 71.6 Å². The second kappa shape index (κ2) is 10.8. The molecule has 35 heavy (non-hydrogen) atoms. The summed E-state index contributed by atoms with van der Waals surface area (Å²) in [6.07, 6.45) is 1.61. The van der Waals surface area contributed by atoms with Gasteiger partial charge in [-0.25, -0.2) is 0 Å². The van der Waals surface area contributed by atoms with E-state index in [2.05, 4.69) is 5.32 Å². The molecule has 0 aromatic heterocycles. The summed E-state index contributed by atoms with van der Waals surface area (Å²) in [5.41, 5.74) is 4.17. The van der Waals surface area contributed by atoms with Gasteiger partial charge >= 0.3 is 0 Å². The summed E-state index contributed by atoms with van der Waals surface area (Å²) in [5.74, 6) is -0.249. The van der Waals surface area contributed by atoms with Crippen molar-refractivity contribution in [1.29, 1.82) is 0 Å². The zero-order valence-electron chi connectivity index (χ0n) is 19.2. The number of hydrogen-bond acceptors (Lipinski definition) is 5. The fraction of sp³-hybridized carbons (Fsp3) is 0.148. The molecule has 3 aromatic rings. The third kappa shape index (κ3) is 6.12. The Hall–Kier alpha value is -3.55. The Bertz CT molecular complexity index is 1340.